The lowest BCUT2D eigenvalue weighted by Gasteiger charge is -2.31. The number of hydrogen-bond acceptors (Lipinski definition) is 6. The summed E-state index contributed by atoms with van der Waals surface area (Å²) in [6, 6.07) is 5.42. The lowest BCUT2D eigenvalue weighted by Crippen LogP contribution is -2.47. The maximum Gasteiger partial charge on any atom is 0.324 e. The summed E-state index contributed by atoms with van der Waals surface area (Å²) in [6.07, 6.45) is 5.93. The van der Waals surface area contributed by atoms with Gasteiger partial charge in [-0.1, -0.05) is 12.8 Å². The lowest BCUT2D eigenvalue weighted by atomic mass is 10.1. The standard InChI is InChI=1S/C20H32N2O5S/c1-26-17-10-12-18(13-11-17)28(24,25)22(15-16-7-3-4-8-16)19(20(23)27-2)9-5-6-14-21/h10-13,16,19H,3-9,14-15,21H2,1-2H3/t19-/m0/s1. The smallest absolute Gasteiger partial charge is 0.324 e. The fourth-order valence-electron chi connectivity index (χ4n) is 3.72. The Hall–Kier alpha value is -1.64. The molecule has 2 rings (SSSR count). The Labute approximate surface area is 168 Å². The van der Waals surface area contributed by atoms with Crippen molar-refractivity contribution in [3.63, 3.8) is 0 Å². The molecule has 158 valence electrons. The number of esters is 1. The Balaban J connectivity index is 2.37. The molecule has 1 saturated carbocycles. The van der Waals surface area contributed by atoms with Crippen LogP contribution >= 0.6 is 0 Å². The molecule has 1 aromatic rings. The van der Waals surface area contributed by atoms with Crippen LogP contribution in [0.5, 0.6) is 5.75 Å². The van der Waals surface area contributed by atoms with Crippen LogP contribution in [0.3, 0.4) is 0 Å². The van der Waals surface area contributed by atoms with E-state index in [4.69, 9.17) is 15.2 Å². The Morgan fingerprint density at radius 3 is 2.36 bits per heavy atom. The third-order valence-corrected chi connectivity index (χ3v) is 7.22. The fraction of sp³-hybridized carbons (Fsp3) is 0.650. The first-order valence-corrected chi connectivity index (χ1v) is 11.3. The van der Waals surface area contributed by atoms with Crippen molar-refractivity contribution >= 4 is 16.0 Å². The van der Waals surface area contributed by atoms with E-state index in [1.54, 1.807) is 12.1 Å². The lowest BCUT2D eigenvalue weighted by molar-refractivity contribution is -0.145. The van der Waals surface area contributed by atoms with Crippen LogP contribution in [-0.4, -0.2) is 52.0 Å². The Bertz CT molecular complexity index is 715. The molecule has 0 aliphatic heterocycles. The quantitative estimate of drug-likeness (QED) is 0.443. The second-order valence-electron chi connectivity index (χ2n) is 7.22. The van der Waals surface area contributed by atoms with Gasteiger partial charge in [0.05, 0.1) is 19.1 Å². The van der Waals surface area contributed by atoms with Gasteiger partial charge in [-0.3, -0.25) is 4.79 Å². The van der Waals surface area contributed by atoms with Gasteiger partial charge in [-0.2, -0.15) is 4.31 Å². The molecule has 1 aliphatic rings. The van der Waals surface area contributed by atoms with E-state index in [9.17, 15) is 13.2 Å². The summed E-state index contributed by atoms with van der Waals surface area (Å²) in [7, 11) is -1.03. The summed E-state index contributed by atoms with van der Waals surface area (Å²) < 4.78 is 38.4. The molecule has 0 aromatic heterocycles. The molecule has 28 heavy (non-hydrogen) atoms. The van der Waals surface area contributed by atoms with E-state index in [0.29, 0.717) is 31.7 Å². The van der Waals surface area contributed by atoms with Gasteiger partial charge >= 0.3 is 5.97 Å². The highest BCUT2D eigenvalue weighted by Gasteiger charge is 2.38. The number of carbonyl (C=O) groups is 1. The molecule has 1 fully saturated rings. The van der Waals surface area contributed by atoms with E-state index in [-0.39, 0.29) is 10.8 Å². The van der Waals surface area contributed by atoms with Gasteiger partial charge in [-0.05, 0) is 68.8 Å². The number of rotatable bonds is 11. The Morgan fingerprint density at radius 2 is 1.82 bits per heavy atom. The van der Waals surface area contributed by atoms with Crippen molar-refractivity contribution in [2.45, 2.75) is 55.9 Å². The van der Waals surface area contributed by atoms with Crippen LogP contribution in [0.1, 0.15) is 44.9 Å². The Morgan fingerprint density at radius 1 is 1.18 bits per heavy atom. The van der Waals surface area contributed by atoms with Crippen molar-refractivity contribution in [1.82, 2.24) is 4.31 Å². The first-order valence-electron chi connectivity index (χ1n) is 9.87. The van der Waals surface area contributed by atoms with Gasteiger partial charge in [-0.15, -0.1) is 0 Å². The fourth-order valence-corrected chi connectivity index (χ4v) is 5.41. The maximum atomic E-state index is 13.5. The van der Waals surface area contributed by atoms with E-state index < -0.39 is 22.0 Å². The minimum Gasteiger partial charge on any atom is -0.497 e. The third-order valence-electron chi connectivity index (χ3n) is 5.33. The van der Waals surface area contributed by atoms with Crippen LogP contribution in [0, 0.1) is 5.92 Å². The van der Waals surface area contributed by atoms with E-state index >= 15 is 0 Å². The summed E-state index contributed by atoms with van der Waals surface area (Å²) in [5.74, 6) is 0.315. The molecule has 1 aromatic carbocycles. The highest BCUT2D eigenvalue weighted by molar-refractivity contribution is 7.89. The topological polar surface area (TPSA) is 98.9 Å². The van der Waals surface area contributed by atoms with E-state index in [1.165, 1.54) is 30.7 Å². The number of ether oxygens (including phenoxy) is 2. The highest BCUT2D eigenvalue weighted by atomic mass is 32.2. The summed E-state index contributed by atoms with van der Waals surface area (Å²) in [6.45, 7) is 0.832. The molecule has 0 heterocycles. The van der Waals surface area contributed by atoms with Crippen LogP contribution in [0.25, 0.3) is 0 Å². The molecule has 2 N–H and O–H groups in total. The predicted molar refractivity (Wildman–Crippen MR) is 108 cm³/mol. The SMILES string of the molecule is COC(=O)[C@H](CCCCN)N(CC1CCCC1)S(=O)(=O)c1ccc(OC)cc1. The zero-order chi connectivity index (χ0) is 20.6. The molecule has 0 amide bonds. The van der Waals surface area contributed by atoms with Crippen molar-refractivity contribution in [2.75, 3.05) is 27.3 Å². The first kappa shape index (κ1) is 22.6. The minimum atomic E-state index is -3.86. The van der Waals surface area contributed by atoms with E-state index in [2.05, 4.69) is 0 Å². The minimum absolute atomic E-state index is 0.152. The third kappa shape index (κ3) is 5.68. The molecule has 1 atom stereocenters. The number of benzene rings is 1. The van der Waals surface area contributed by atoms with Crippen LogP contribution in [-0.2, 0) is 19.6 Å². The second kappa shape index (κ2) is 10.8. The van der Waals surface area contributed by atoms with Crippen molar-refractivity contribution < 1.29 is 22.7 Å². The van der Waals surface area contributed by atoms with Gasteiger partial charge < -0.3 is 15.2 Å². The summed E-state index contributed by atoms with van der Waals surface area (Å²) >= 11 is 0. The molecule has 8 heteroatoms. The highest BCUT2D eigenvalue weighted by Crippen LogP contribution is 2.30. The molecule has 0 unspecified atom stereocenters. The normalized spacial score (nSPS) is 16.3. The monoisotopic (exact) mass is 412 g/mol. The van der Waals surface area contributed by atoms with Crippen LogP contribution in [0.15, 0.2) is 29.2 Å². The molecule has 0 bridgehead atoms. The van der Waals surface area contributed by atoms with E-state index in [0.717, 1.165) is 32.1 Å². The number of methoxy groups -OCH3 is 2. The van der Waals surface area contributed by atoms with Gasteiger partial charge in [0.25, 0.3) is 0 Å². The zero-order valence-corrected chi connectivity index (χ0v) is 17.6. The molecular weight excluding hydrogens is 380 g/mol. The summed E-state index contributed by atoms with van der Waals surface area (Å²) in [4.78, 5) is 12.7. The average molecular weight is 413 g/mol. The van der Waals surface area contributed by atoms with Crippen LogP contribution in [0.2, 0.25) is 0 Å². The molecular formula is C20H32N2O5S. The van der Waals surface area contributed by atoms with Gasteiger partial charge in [0.15, 0.2) is 0 Å². The molecule has 0 spiro atoms. The largest absolute Gasteiger partial charge is 0.497 e. The van der Waals surface area contributed by atoms with Gasteiger partial charge in [-0.25, -0.2) is 8.42 Å². The maximum absolute atomic E-state index is 13.5. The number of nitrogens with zero attached hydrogens (tertiary/aromatic N) is 1. The van der Waals surface area contributed by atoms with Crippen molar-refractivity contribution in [1.29, 1.82) is 0 Å². The van der Waals surface area contributed by atoms with Crippen LogP contribution < -0.4 is 10.5 Å². The van der Waals surface area contributed by atoms with Crippen LogP contribution in [0.4, 0.5) is 0 Å². The summed E-state index contributed by atoms with van der Waals surface area (Å²) in [5, 5.41) is 0. The Kier molecular flexibility index (Phi) is 8.72. The number of unbranched alkanes of at least 4 members (excludes halogenated alkanes) is 1. The summed E-state index contributed by atoms with van der Waals surface area (Å²) in [5.41, 5.74) is 5.58. The van der Waals surface area contributed by atoms with Gasteiger partial charge in [0.2, 0.25) is 10.0 Å². The molecule has 0 radical (unpaired) electrons. The van der Waals surface area contributed by atoms with Crippen molar-refractivity contribution in [3.05, 3.63) is 24.3 Å². The number of sulfonamides is 1. The van der Waals surface area contributed by atoms with Gasteiger partial charge in [0, 0.05) is 6.54 Å². The zero-order valence-electron chi connectivity index (χ0n) is 16.8. The number of carbonyl (C=O) groups excluding carboxylic acids is 1. The predicted octanol–water partition coefficient (Wildman–Crippen LogP) is 2.55. The molecule has 0 saturated heterocycles. The van der Waals surface area contributed by atoms with Crippen molar-refractivity contribution in [2.24, 2.45) is 11.7 Å². The number of hydrogen-bond donors (Lipinski definition) is 1. The first-order chi connectivity index (χ1) is 13.4. The molecule has 7 nitrogen and oxygen atoms in total. The molecule has 1 aliphatic carbocycles. The average Bonchev–Trinajstić information content (AvgIpc) is 3.22. The van der Waals surface area contributed by atoms with E-state index in [1.807, 2.05) is 0 Å². The van der Waals surface area contributed by atoms with Gasteiger partial charge in [0.1, 0.15) is 11.8 Å². The van der Waals surface area contributed by atoms with Crippen molar-refractivity contribution in [3.8, 4) is 5.75 Å². The second-order valence-corrected chi connectivity index (χ2v) is 9.11. The number of nitrogens with two attached hydrogens (primary N) is 1.